The SMILES string of the molecule is CCOC(=O)N1CCN(C(=O)NCC(CC)C(=O)O)CC1. The van der Waals surface area contributed by atoms with Crippen molar-refractivity contribution in [1.82, 2.24) is 15.1 Å². The number of carbonyl (C=O) groups excluding carboxylic acids is 2. The van der Waals surface area contributed by atoms with Gasteiger partial charge >= 0.3 is 18.1 Å². The van der Waals surface area contributed by atoms with Crippen LogP contribution in [-0.2, 0) is 9.53 Å². The molecule has 0 aromatic heterocycles. The summed E-state index contributed by atoms with van der Waals surface area (Å²) in [6, 6.07) is -0.293. The number of ether oxygens (including phenoxy) is 1. The van der Waals surface area contributed by atoms with Crippen molar-refractivity contribution in [2.45, 2.75) is 20.3 Å². The standard InChI is InChI=1S/C13H23N3O5/c1-3-10(11(17)18)9-14-12(19)15-5-7-16(8-6-15)13(20)21-4-2/h10H,3-9H2,1-2H3,(H,14,19)(H,17,18). The molecule has 1 aliphatic heterocycles. The summed E-state index contributed by atoms with van der Waals surface area (Å²) in [5, 5.41) is 11.5. The van der Waals surface area contributed by atoms with E-state index in [1.807, 2.05) is 0 Å². The van der Waals surface area contributed by atoms with Gasteiger partial charge in [-0.25, -0.2) is 9.59 Å². The van der Waals surface area contributed by atoms with Gasteiger partial charge in [0.2, 0.25) is 0 Å². The number of amides is 3. The smallest absolute Gasteiger partial charge is 0.409 e. The van der Waals surface area contributed by atoms with Crippen molar-refractivity contribution < 1.29 is 24.2 Å². The fourth-order valence-corrected chi connectivity index (χ4v) is 2.04. The molecule has 8 nitrogen and oxygen atoms in total. The summed E-state index contributed by atoms with van der Waals surface area (Å²) in [5.41, 5.74) is 0. The maximum atomic E-state index is 11.9. The van der Waals surface area contributed by atoms with Crippen molar-refractivity contribution in [3.63, 3.8) is 0 Å². The molecule has 2 N–H and O–H groups in total. The van der Waals surface area contributed by atoms with E-state index < -0.39 is 11.9 Å². The van der Waals surface area contributed by atoms with Gasteiger partial charge in [-0.2, -0.15) is 0 Å². The molecule has 0 aromatic carbocycles. The van der Waals surface area contributed by atoms with Crippen molar-refractivity contribution in [1.29, 1.82) is 0 Å². The zero-order valence-electron chi connectivity index (χ0n) is 12.5. The van der Waals surface area contributed by atoms with Crippen molar-refractivity contribution in [3.8, 4) is 0 Å². The van der Waals surface area contributed by atoms with E-state index in [-0.39, 0.29) is 18.7 Å². The molecule has 1 fully saturated rings. The number of nitrogens with one attached hydrogen (secondary N) is 1. The number of urea groups is 1. The number of rotatable bonds is 5. The number of hydrogen-bond acceptors (Lipinski definition) is 4. The number of carboxylic acid groups (broad SMARTS) is 1. The van der Waals surface area contributed by atoms with Crippen LogP contribution in [0.25, 0.3) is 0 Å². The molecule has 0 aliphatic carbocycles. The molecule has 0 bridgehead atoms. The minimum Gasteiger partial charge on any atom is -0.481 e. The number of carbonyl (C=O) groups is 3. The maximum Gasteiger partial charge on any atom is 0.409 e. The summed E-state index contributed by atoms with van der Waals surface area (Å²) in [6.07, 6.45) is 0.0983. The van der Waals surface area contributed by atoms with Gasteiger partial charge in [0.15, 0.2) is 0 Å². The molecule has 0 spiro atoms. The van der Waals surface area contributed by atoms with Crippen molar-refractivity contribution in [3.05, 3.63) is 0 Å². The predicted octanol–water partition coefficient (Wildman–Crippen LogP) is 0.581. The van der Waals surface area contributed by atoms with E-state index in [1.165, 1.54) is 0 Å². The van der Waals surface area contributed by atoms with Gasteiger partial charge in [0.25, 0.3) is 0 Å². The van der Waals surface area contributed by atoms with E-state index in [0.717, 1.165) is 0 Å². The lowest BCUT2D eigenvalue weighted by Crippen LogP contribution is -2.53. The van der Waals surface area contributed by atoms with Crippen molar-refractivity contribution >= 4 is 18.1 Å². The molecule has 120 valence electrons. The quantitative estimate of drug-likeness (QED) is 0.774. The minimum atomic E-state index is -0.912. The molecule has 0 radical (unpaired) electrons. The Bertz CT molecular complexity index is 380. The summed E-state index contributed by atoms with van der Waals surface area (Å²) < 4.78 is 4.90. The molecular weight excluding hydrogens is 278 g/mol. The molecule has 3 amide bonds. The van der Waals surface area contributed by atoms with Crippen LogP contribution in [0.1, 0.15) is 20.3 Å². The summed E-state index contributed by atoms with van der Waals surface area (Å²) in [7, 11) is 0. The molecule has 1 heterocycles. The first kappa shape index (κ1) is 17.1. The predicted molar refractivity (Wildman–Crippen MR) is 75.0 cm³/mol. The highest BCUT2D eigenvalue weighted by Crippen LogP contribution is 2.05. The van der Waals surface area contributed by atoms with Gasteiger partial charge in [-0.3, -0.25) is 4.79 Å². The second-order valence-electron chi connectivity index (χ2n) is 4.80. The Kier molecular flexibility index (Phi) is 6.77. The fourth-order valence-electron chi connectivity index (χ4n) is 2.04. The lowest BCUT2D eigenvalue weighted by molar-refractivity contribution is -0.141. The van der Waals surface area contributed by atoms with Crippen LogP contribution in [0, 0.1) is 5.92 Å². The third-order valence-electron chi connectivity index (χ3n) is 3.43. The molecule has 1 aliphatic rings. The number of nitrogens with zero attached hydrogens (tertiary/aromatic N) is 2. The topological polar surface area (TPSA) is 99.2 Å². The average Bonchev–Trinajstić information content (AvgIpc) is 2.47. The normalized spacial score (nSPS) is 16.3. The highest BCUT2D eigenvalue weighted by Gasteiger charge is 2.25. The lowest BCUT2D eigenvalue weighted by atomic mass is 10.1. The first-order chi connectivity index (χ1) is 9.99. The molecule has 0 aromatic rings. The lowest BCUT2D eigenvalue weighted by Gasteiger charge is -2.34. The maximum absolute atomic E-state index is 11.9. The van der Waals surface area contributed by atoms with Gasteiger partial charge in [0.1, 0.15) is 0 Å². The van der Waals surface area contributed by atoms with E-state index in [0.29, 0.717) is 39.2 Å². The van der Waals surface area contributed by atoms with Crippen LogP contribution >= 0.6 is 0 Å². The van der Waals surface area contributed by atoms with E-state index in [4.69, 9.17) is 9.84 Å². The van der Waals surface area contributed by atoms with Gasteiger partial charge in [-0.05, 0) is 13.3 Å². The number of aliphatic carboxylic acids is 1. The molecular formula is C13H23N3O5. The molecule has 0 saturated carbocycles. The van der Waals surface area contributed by atoms with Crippen LogP contribution in [0.3, 0.4) is 0 Å². The van der Waals surface area contributed by atoms with Gasteiger partial charge in [-0.15, -0.1) is 0 Å². The third-order valence-corrected chi connectivity index (χ3v) is 3.43. The Labute approximate surface area is 124 Å². The Balaban J connectivity index is 2.35. The zero-order chi connectivity index (χ0) is 15.8. The molecule has 1 saturated heterocycles. The zero-order valence-corrected chi connectivity index (χ0v) is 12.5. The van der Waals surface area contributed by atoms with E-state index in [1.54, 1.807) is 23.6 Å². The van der Waals surface area contributed by atoms with Crippen molar-refractivity contribution in [2.24, 2.45) is 5.92 Å². The highest BCUT2D eigenvalue weighted by molar-refractivity contribution is 5.76. The third kappa shape index (κ3) is 5.13. The van der Waals surface area contributed by atoms with Crippen LogP contribution in [-0.4, -0.2) is 72.3 Å². The first-order valence-corrected chi connectivity index (χ1v) is 7.16. The van der Waals surface area contributed by atoms with Crippen LogP contribution in [0.5, 0.6) is 0 Å². The second kappa shape index (κ2) is 8.33. The minimum absolute atomic E-state index is 0.114. The number of hydrogen-bond donors (Lipinski definition) is 2. The second-order valence-corrected chi connectivity index (χ2v) is 4.80. The van der Waals surface area contributed by atoms with Gasteiger partial charge in [-0.1, -0.05) is 6.92 Å². The van der Waals surface area contributed by atoms with Crippen molar-refractivity contribution in [2.75, 3.05) is 39.3 Å². The van der Waals surface area contributed by atoms with E-state index in [9.17, 15) is 14.4 Å². The molecule has 1 rings (SSSR count). The molecule has 1 atom stereocenters. The van der Waals surface area contributed by atoms with Crippen LogP contribution in [0.15, 0.2) is 0 Å². The van der Waals surface area contributed by atoms with Gasteiger partial charge in [0.05, 0.1) is 12.5 Å². The first-order valence-electron chi connectivity index (χ1n) is 7.16. The molecule has 21 heavy (non-hydrogen) atoms. The summed E-state index contributed by atoms with van der Waals surface area (Å²) in [5.74, 6) is -1.49. The van der Waals surface area contributed by atoms with Crippen LogP contribution in [0.2, 0.25) is 0 Å². The Morgan fingerprint density at radius 3 is 2.19 bits per heavy atom. The van der Waals surface area contributed by atoms with Crippen LogP contribution in [0.4, 0.5) is 9.59 Å². The summed E-state index contributed by atoms with van der Waals surface area (Å²) in [6.45, 7) is 5.61. The Morgan fingerprint density at radius 2 is 1.71 bits per heavy atom. The van der Waals surface area contributed by atoms with Gasteiger partial charge in [0, 0.05) is 32.7 Å². The van der Waals surface area contributed by atoms with E-state index in [2.05, 4.69) is 5.32 Å². The molecule has 8 heteroatoms. The van der Waals surface area contributed by atoms with Gasteiger partial charge < -0.3 is 25.0 Å². The Hall–Kier alpha value is -1.99. The van der Waals surface area contributed by atoms with E-state index >= 15 is 0 Å². The number of carboxylic acids is 1. The Morgan fingerprint density at radius 1 is 1.14 bits per heavy atom. The average molecular weight is 301 g/mol. The number of piperazine rings is 1. The summed E-state index contributed by atoms with van der Waals surface area (Å²) >= 11 is 0. The molecule has 1 unspecified atom stereocenters. The summed E-state index contributed by atoms with van der Waals surface area (Å²) in [4.78, 5) is 37.5. The van der Waals surface area contributed by atoms with Crippen LogP contribution < -0.4 is 5.32 Å². The monoisotopic (exact) mass is 301 g/mol. The highest BCUT2D eigenvalue weighted by atomic mass is 16.6. The largest absolute Gasteiger partial charge is 0.481 e. The fraction of sp³-hybridized carbons (Fsp3) is 0.769.